The van der Waals surface area contributed by atoms with Crippen LogP contribution in [0.25, 0.3) is 0 Å². The molecule has 0 unspecified atom stereocenters. The van der Waals surface area contributed by atoms with Crippen LogP contribution in [0.5, 0.6) is 11.5 Å². The first kappa shape index (κ1) is 14.8. The van der Waals surface area contributed by atoms with Gasteiger partial charge in [0.1, 0.15) is 11.5 Å². The molecule has 0 saturated carbocycles. The Hall–Kier alpha value is -1.65. The van der Waals surface area contributed by atoms with Crippen molar-refractivity contribution < 1.29 is 9.47 Å². The molecule has 2 N–H and O–H groups in total. The Kier molecular flexibility index (Phi) is 5.32. The molecular formula is C16H19NO2S. The molecule has 0 bridgehead atoms. The lowest BCUT2D eigenvalue weighted by Crippen LogP contribution is -2.00. The van der Waals surface area contributed by atoms with E-state index in [2.05, 4.69) is 18.2 Å². The highest BCUT2D eigenvalue weighted by Gasteiger charge is 2.04. The maximum Gasteiger partial charge on any atom is 0.123 e. The molecule has 2 rings (SSSR count). The van der Waals surface area contributed by atoms with Gasteiger partial charge in [-0.05, 0) is 35.9 Å². The average Bonchev–Trinajstić information content (AvgIpc) is 2.52. The van der Waals surface area contributed by atoms with E-state index < -0.39 is 0 Å². The van der Waals surface area contributed by atoms with Gasteiger partial charge in [-0.2, -0.15) is 0 Å². The van der Waals surface area contributed by atoms with E-state index in [1.54, 1.807) is 26.0 Å². The van der Waals surface area contributed by atoms with E-state index in [0.29, 0.717) is 6.54 Å². The van der Waals surface area contributed by atoms with Gasteiger partial charge in [-0.3, -0.25) is 0 Å². The Morgan fingerprint density at radius 3 is 2.60 bits per heavy atom. The molecular weight excluding hydrogens is 270 g/mol. The third kappa shape index (κ3) is 3.68. The average molecular weight is 289 g/mol. The van der Waals surface area contributed by atoms with Crippen molar-refractivity contribution >= 4 is 11.8 Å². The van der Waals surface area contributed by atoms with Crippen LogP contribution in [-0.2, 0) is 12.3 Å². The molecule has 0 spiro atoms. The van der Waals surface area contributed by atoms with Crippen LogP contribution in [0.15, 0.2) is 47.4 Å². The van der Waals surface area contributed by atoms with E-state index in [-0.39, 0.29) is 0 Å². The highest BCUT2D eigenvalue weighted by Crippen LogP contribution is 2.28. The summed E-state index contributed by atoms with van der Waals surface area (Å²) in [5, 5.41) is 0. The van der Waals surface area contributed by atoms with Crippen molar-refractivity contribution in [3.63, 3.8) is 0 Å². The van der Waals surface area contributed by atoms with Crippen LogP contribution >= 0.6 is 11.8 Å². The third-order valence-electron chi connectivity index (χ3n) is 3.01. The topological polar surface area (TPSA) is 44.5 Å². The molecule has 0 atom stereocenters. The van der Waals surface area contributed by atoms with Crippen LogP contribution in [0, 0.1) is 0 Å². The van der Waals surface area contributed by atoms with Gasteiger partial charge in [-0.15, -0.1) is 11.8 Å². The second-order valence-electron chi connectivity index (χ2n) is 4.32. The van der Waals surface area contributed by atoms with Crippen molar-refractivity contribution in [2.24, 2.45) is 5.73 Å². The van der Waals surface area contributed by atoms with Crippen LogP contribution in [0.1, 0.15) is 11.1 Å². The standard InChI is InChI=1S/C16H19NO2S/c1-18-14-4-3-5-15(9-14)20-11-12-6-7-16(19-2)13(8-12)10-17/h3-9H,10-11,17H2,1-2H3. The normalized spacial score (nSPS) is 10.3. The monoisotopic (exact) mass is 289 g/mol. The molecule has 2 aromatic rings. The van der Waals surface area contributed by atoms with Crippen molar-refractivity contribution in [3.8, 4) is 11.5 Å². The number of rotatable bonds is 6. The quantitative estimate of drug-likeness (QED) is 0.827. The molecule has 3 nitrogen and oxygen atoms in total. The third-order valence-corrected chi connectivity index (χ3v) is 4.08. The van der Waals surface area contributed by atoms with Crippen LogP contribution < -0.4 is 15.2 Å². The number of thioether (sulfide) groups is 1. The van der Waals surface area contributed by atoms with Crippen molar-refractivity contribution in [2.75, 3.05) is 14.2 Å². The zero-order valence-electron chi connectivity index (χ0n) is 11.8. The fraction of sp³-hybridized carbons (Fsp3) is 0.250. The number of hydrogen-bond acceptors (Lipinski definition) is 4. The van der Waals surface area contributed by atoms with Gasteiger partial charge < -0.3 is 15.2 Å². The van der Waals surface area contributed by atoms with E-state index in [9.17, 15) is 0 Å². The van der Waals surface area contributed by atoms with E-state index in [1.807, 2.05) is 24.3 Å². The summed E-state index contributed by atoms with van der Waals surface area (Å²) in [7, 11) is 3.35. The smallest absolute Gasteiger partial charge is 0.123 e. The molecule has 0 aromatic heterocycles. The van der Waals surface area contributed by atoms with Gasteiger partial charge in [0.05, 0.1) is 14.2 Å². The fourth-order valence-electron chi connectivity index (χ4n) is 1.94. The summed E-state index contributed by atoms with van der Waals surface area (Å²) in [5.41, 5.74) is 8.01. The zero-order valence-corrected chi connectivity index (χ0v) is 12.6. The zero-order chi connectivity index (χ0) is 14.4. The molecule has 20 heavy (non-hydrogen) atoms. The molecule has 0 amide bonds. The molecule has 0 radical (unpaired) electrons. The van der Waals surface area contributed by atoms with Gasteiger partial charge in [0, 0.05) is 22.8 Å². The number of methoxy groups -OCH3 is 2. The summed E-state index contributed by atoms with van der Waals surface area (Å²) in [6.07, 6.45) is 0. The first-order valence-electron chi connectivity index (χ1n) is 6.39. The Labute approximate surface area is 124 Å². The van der Waals surface area contributed by atoms with Gasteiger partial charge >= 0.3 is 0 Å². The minimum atomic E-state index is 0.487. The summed E-state index contributed by atoms with van der Waals surface area (Å²) >= 11 is 1.77. The molecule has 0 aliphatic heterocycles. The maximum absolute atomic E-state index is 5.74. The number of nitrogens with two attached hydrogens (primary N) is 1. The van der Waals surface area contributed by atoms with Crippen LogP contribution in [0.2, 0.25) is 0 Å². The van der Waals surface area contributed by atoms with Gasteiger partial charge in [-0.1, -0.05) is 12.1 Å². The lowest BCUT2D eigenvalue weighted by Gasteiger charge is -2.09. The lowest BCUT2D eigenvalue weighted by molar-refractivity contribution is 0.409. The first-order valence-corrected chi connectivity index (χ1v) is 7.38. The van der Waals surface area contributed by atoms with Gasteiger partial charge in [0.15, 0.2) is 0 Å². The molecule has 0 aliphatic carbocycles. The van der Waals surface area contributed by atoms with E-state index in [4.69, 9.17) is 15.2 Å². The van der Waals surface area contributed by atoms with Gasteiger partial charge in [-0.25, -0.2) is 0 Å². The molecule has 0 heterocycles. The number of ether oxygens (including phenoxy) is 2. The highest BCUT2D eigenvalue weighted by molar-refractivity contribution is 7.98. The molecule has 0 aliphatic rings. The summed E-state index contributed by atoms with van der Waals surface area (Å²) < 4.78 is 10.5. The summed E-state index contributed by atoms with van der Waals surface area (Å²) in [5.74, 6) is 2.62. The van der Waals surface area contributed by atoms with Crippen molar-refractivity contribution in [3.05, 3.63) is 53.6 Å². The predicted molar refractivity (Wildman–Crippen MR) is 83.4 cm³/mol. The Morgan fingerprint density at radius 2 is 1.90 bits per heavy atom. The summed E-state index contributed by atoms with van der Waals surface area (Å²) in [6.45, 7) is 0.487. The molecule has 106 valence electrons. The largest absolute Gasteiger partial charge is 0.497 e. The minimum absolute atomic E-state index is 0.487. The first-order chi connectivity index (χ1) is 9.76. The summed E-state index contributed by atoms with van der Waals surface area (Å²) in [6, 6.07) is 14.2. The van der Waals surface area contributed by atoms with E-state index >= 15 is 0 Å². The highest BCUT2D eigenvalue weighted by atomic mass is 32.2. The second-order valence-corrected chi connectivity index (χ2v) is 5.37. The van der Waals surface area contributed by atoms with Crippen LogP contribution in [0.3, 0.4) is 0 Å². The fourth-order valence-corrected chi connectivity index (χ4v) is 2.83. The number of hydrogen-bond donors (Lipinski definition) is 1. The lowest BCUT2D eigenvalue weighted by atomic mass is 10.1. The second kappa shape index (κ2) is 7.22. The summed E-state index contributed by atoms with van der Waals surface area (Å²) in [4.78, 5) is 1.19. The Balaban J connectivity index is 2.06. The van der Waals surface area contributed by atoms with Crippen molar-refractivity contribution in [1.29, 1.82) is 0 Å². The minimum Gasteiger partial charge on any atom is -0.497 e. The van der Waals surface area contributed by atoms with E-state index in [0.717, 1.165) is 22.8 Å². The number of benzene rings is 2. The van der Waals surface area contributed by atoms with E-state index in [1.165, 1.54) is 10.5 Å². The molecule has 4 heteroatoms. The van der Waals surface area contributed by atoms with Crippen LogP contribution in [-0.4, -0.2) is 14.2 Å². The van der Waals surface area contributed by atoms with Gasteiger partial charge in [0.25, 0.3) is 0 Å². The van der Waals surface area contributed by atoms with Gasteiger partial charge in [0.2, 0.25) is 0 Å². The Bertz CT molecular complexity index is 572. The van der Waals surface area contributed by atoms with Crippen molar-refractivity contribution in [2.45, 2.75) is 17.2 Å². The predicted octanol–water partition coefficient (Wildman–Crippen LogP) is 3.45. The SMILES string of the molecule is COc1cccc(SCc2ccc(OC)c(CN)c2)c1. The Morgan fingerprint density at radius 1 is 1.05 bits per heavy atom. The molecule has 2 aromatic carbocycles. The maximum atomic E-state index is 5.74. The molecule has 0 saturated heterocycles. The van der Waals surface area contributed by atoms with Crippen LogP contribution in [0.4, 0.5) is 0 Å². The molecule has 0 fully saturated rings. The van der Waals surface area contributed by atoms with Crippen molar-refractivity contribution in [1.82, 2.24) is 0 Å².